The van der Waals surface area contributed by atoms with Gasteiger partial charge >= 0.3 is 10.2 Å². The molecule has 0 bridgehead atoms. The van der Waals surface area contributed by atoms with Crippen LogP contribution in [0.5, 0.6) is 5.75 Å². The Morgan fingerprint density at radius 3 is 2.95 bits per heavy atom. The van der Waals surface area contributed by atoms with Crippen molar-refractivity contribution in [2.45, 2.75) is 25.3 Å². The molecule has 6 nitrogen and oxygen atoms in total. The standard InChI is InChI=1S/C13H20N2O4S/c1-19-13-7-4-5-11(9-13)14-20(17,18)15-8-3-2-6-12(15)10-16/h4-5,7,9,12,14,16H,2-3,6,8,10H2,1H3. The lowest BCUT2D eigenvalue weighted by Crippen LogP contribution is -2.47. The SMILES string of the molecule is COc1cccc(NS(=O)(=O)N2CCCCC2CO)c1. The smallest absolute Gasteiger partial charge is 0.301 e. The maximum atomic E-state index is 12.4. The molecule has 1 aliphatic rings. The van der Waals surface area contributed by atoms with Crippen LogP contribution in [-0.2, 0) is 10.2 Å². The van der Waals surface area contributed by atoms with Gasteiger partial charge in [-0.05, 0) is 25.0 Å². The highest BCUT2D eigenvalue weighted by atomic mass is 32.2. The molecule has 7 heteroatoms. The Hall–Kier alpha value is -1.31. The summed E-state index contributed by atoms with van der Waals surface area (Å²) in [4.78, 5) is 0. The third kappa shape index (κ3) is 3.41. The molecule has 1 unspecified atom stereocenters. The lowest BCUT2D eigenvalue weighted by molar-refractivity contribution is 0.156. The summed E-state index contributed by atoms with van der Waals surface area (Å²) in [7, 11) is -2.13. The number of benzene rings is 1. The van der Waals surface area contributed by atoms with Gasteiger partial charge in [0.05, 0.1) is 19.4 Å². The lowest BCUT2D eigenvalue weighted by Gasteiger charge is -2.33. The molecule has 20 heavy (non-hydrogen) atoms. The molecule has 1 aromatic rings. The number of rotatable bonds is 5. The first kappa shape index (κ1) is 15.1. The molecule has 2 rings (SSSR count). The first-order valence-corrected chi connectivity index (χ1v) is 8.05. The molecule has 0 spiro atoms. The van der Waals surface area contributed by atoms with E-state index >= 15 is 0 Å². The highest BCUT2D eigenvalue weighted by Crippen LogP contribution is 2.23. The van der Waals surface area contributed by atoms with Gasteiger partial charge in [-0.15, -0.1) is 0 Å². The van der Waals surface area contributed by atoms with Gasteiger partial charge in [0.25, 0.3) is 0 Å². The van der Waals surface area contributed by atoms with Crippen LogP contribution in [0.15, 0.2) is 24.3 Å². The number of nitrogens with zero attached hydrogens (tertiary/aromatic N) is 1. The zero-order valence-electron chi connectivity index (χ0n) is 11.4. The minimum atomic E-state index is -3.65. The largest absolute Gasteiger partial charge is 0.497 e. The summed E-state index contributed by atoms with van der Waals surface area (Å²) in [5, 5.41) is 9.32. The van der Waals surface area contributed by atoms with Gasteiger partial charge < -0.3 is 9.84 Å². The van der Waals surface area contributed by atoms with Gasteiger partial charge in [0.2, 0.25) is 0 Å². The predicted molar refractivity (Wildman–Crippen MR) is 77.0 cm³/mol. The van der Waals surface area contributed by atoms with Crippen molar-refractivity contribution in [3.05, 3.63) is 24.3 Å². The Morgan fingerprint density at radius 1 is 1.45 bits per heavy atom. The molecule has 112 valence electrons. The number of anilines is 1. The van der Waals surface area contributed by atoms with Gasteiger partial charge in [0, 0.05) is 18.7 Å². The molecule has 2 N–H and O–H groups in total. The van der Waals surface area contributed by atoms with E-state index in [4.69, 9.17) is 4.74 Å². The molecule has 0 radical (unpaired) electrons. The number of piperidine rings is 1. The minimum absolute atomic E-state index is 0.154. The van der Waals surface area contributed by atoms with Crippen molar-refractivity contribution >= 4 is 15.9 Å². The highest BCUT2D eigenvalue weighted by molar-refractivity contribution is 7.90. The molecule has 1 saturated heterocycles. The van der Waals surface area contributed by atoms with E-state index in [0.717, 1.165) is 12.8 Å². The maximum absolute atomic E-state index is 12.4. The van der Waals surface area contributed by atoms with Crippen LogP contribution in [0.4, 0.5) is 5.69 Å². The van der Waals surface area contributed by atoms with Gasteiger partial charge in [-0.2, -0.15) is 12.7 Å². The Balaban J connectivity index is 2.17. The Bertz CT molecular complexity index is 547. The van der Waals surface area contributed by atoms with Crippen molar-refractivity contribution in [3.8, 4) is 5.75 Å². The van der Waals surface area contributed by atoms with E-state index in [1.165, 1.54) is 11.4 Å². The van der Waals surface area contributed by atoms with Crippen molar-refractivity contribution < 1.29 is 18.3 Å². The zero-order valence-corrected chi connectivity index (χ0v) is 12.3. The second kappa shape index (κ2) is 6.43. The maximum Gasteiger partial charge on any atom is 0.301 e. The number of methoxy groups -OCH3 is 1. The van der Waals surface area contributed by atoms with Crippen LogP contribution in [0.3, 0.4) is 0 Å². The summed E-state index contributed by atoms with van der Waals surface area (Å²) >= 11 is 0. The zero-order chi connectivity index (χ0) is 14.6. The van der Waals surface area contributed by atoms with Crippen LogP contribution in [0, 0.1) is 0 Å². The molecule has 1 fully saturated rings. The molecular weight excluding hydrogens is 280 g/mol. The van der Waals surface area contributed by atoms with Gasteiger partial charge in [-0.3, -0.25) is 4.72 Å². The van der Waals surface area contributed by atoms with Crippen molar-refractivity contribution in [1.29, 1.82) is 0 Å². The number of nitrogens with one attached hydrogen (secondary N) is 1. The Kier molecular flexibility index (Phi) is 4.85. The van der Waals surface area contributed by atoms with Crippen LogP contribution in [0.1, 0.15) is 19.3 Å². The van der Waals surface area contributed by atoms with Crippen molar-refractivity contribution in [2.24, 2.45) is 0 Å². The fraction of sp³-hybridized carbons (Fsp3) is 0.538. The van der Waals surface area contributed by atoms with E-state index in [9.17, 15) is 13.5 Å². The van der Waals surface area contributed by atoms with Crippen molar-refractivity contribution in [1.82, 2.24) is 4.31 Å². The molecule has 1 aliphatic heterocycles. The van der Waals surface area contributed by atoms with Crippen LogP contribution >= 0.6 is 0 Å². The van der Waals surface area contributed by atoms with Gasteiger partial charge in [0.15, 0.2) is 0 Å². The lowest BCUT2D eigenvalue weighted by atomic mass is 10.1. The van der Waals surface area contributed by atoms with E-state index in [-0.39, 0.29) is 12.6 Å². The monoisotopic (exact) mass is 300 g/mol. The van der Waals surface area contributed by atoms with Crippen LogP contribution in [0.25, 0.3) is 0 Å². The van der Waals surface area contributed by atoms with E-state index in [1.54, 1.807) is 24.3 Å². The van der Waals surface area contributed by atoms with Gasteiger partial charge in [0.1, 0.15) is 5.75 Å². The number of aliphatic hydroxyl groups excluding tert-OH is 1. The summed E-state index contributed by atoms with van der Waals surface area (Å²) in [5.41, 5.74) is 0.451. The Morgan fingerprint density at radius 2 is 2.25 bits per heavy atom. The average Bonchev–Trinajstić information content (AvgIpc) is 2.47. The fourth-order valence-electron chi connectivity index (χ4n) is 2.37. The topological polar surface area (TPSA) is 78.9 Å². The minimum Gasteiger partial charge on any atom is -0.497 e. The molecule has 0 aromatic heterocycles. The van der Waals surface area contributed by atoms with Crippen molar-refractivity contribution in [3.63, 3.8) is 0 Å². The summed E-state index contributed by atoms with van der Waals surface area (Å²) in [5.74, 6) is 0.586. The highest BCUT2D eigenvalue weighted by Gasteiger charge is 2.31. The third-order valence-electron chi connectivity index (χ3n) is 3.41. The summed E-state index contributed by atoms with van der Waals surface area (Å²) in [6, 6.07) is 6.41. The molecule has 0 aliphatic carbocycles. The van der Waals surface area contributed by atoms with Gasteiger partial charge in [-0.25, -0.2) is 0 Å². The molecule has 1 heterocycles. The second-order valence-electron chi connectivity index (χ2n) is 4.78. The summed E-state index contributed by atoms with van der Waals surface area (Å²) < 4.78 is 33.7. The number of hydrogen-bond donors (Lipinski definition) is 2. The first-order valence-electron chi connectivity index (χ1n) is 6.61. The first-order chi connectivity index (χ1) is 9.56. The summed E-state index contributed by atoms with van der Waals surface area (Å²) in [6.07, 6.45) is 2.45. The summed E-state index contributed by atoms with van der Waals surface area (Å²) in [6.45, 7) is 0.281. The van der Waals surface area contributed by atoms with E-state index in [1.807, 2.05) is 0 Å². The van der Waals surface area contributed by atoms with E-state index < -0.39 is 10.2 Å². The second-order valence-corrected chi connectivity index (χ2v) is 6.41. The normalized spacial score (nSPS) is 20.6. The third-order valence-corrected chi connectivity index (χ3v) is 5.00. The quantitative estimate of drug-likeness (QED) is 0.856. The molecule has 0 amide bonds. The van der Waals surface area contributed by atoms with Crippen LogP contribution in [0.2, 0.25) is 0 Å². The predicted octanol–water partition coefficient (Wildman–Crippen LogP) is 1.20. The Labute approximate surface area is 119 Å². The molecule has 1 atom stereocenters. The van der Waals surface area contributed by atoms with E-state index in [0.29, 0.717) is 24.4 Å². The molecular formula is C13H20N2O4S. The van der Waals surface area contributed by atoms with E-state index in [2.05, 4.69) is 4.72 Å². The molecule has 1 aromatic carbocycles. The fourth-order valence-corrected chi connectivity index (χ4v) is 3.84. The van der Waals surface area contributed by atoms with Crippen LogP contribution < -0.4 is 9.46 Å². The number of aliphatic hydroxyl groups is 1. The molecule has 0 saturated carbocycles. The average molecular weight is 300 g/mol. The van der Waals surface area contributed by atoms with Crippen LogP contribution in [-0.4, -0.2) is 44.1 Å². The number of hydrogen-bond acceptors (Lipinski definition) is 4. The van der Waals surface area contributed by atoms with Gasteiger partial charge in [-0.1, -0.05) is 12.5 Å². The number of ether oxygens (including phenoxy) is 1. The van der Waals surface area contributed by atoms with Crippen molar-refractivity contribution in [2.75, 3.05) is 25.0 Å².